The van der Waals surface area contributed by atoms with Gasteiger partial charge in [0.15, 0.2) is 5.82 Å². The second-order valence-corrected chi connectivity index (χ2v) is 6.89. The molecular formula is C14H8BrIN2OS. The number of aromatic nitrogens is 2. The fourth-order valence-electron chi connectivity index (χ4n) is 1.82. The van der Waals surface area contributed by atoms with Crippen LogP contribution in [0.25, 0.3) is 22.0 Å². The molecule has 0 aliphatic rings. The molecule has 0 aliphatic heterocycles. The standard InChI is InChI=1S/C14H8BrIN2OS/c15-9-6-7-20-12(9)13-17-11(10(16)14(19)18-13)8-4-2-1-3-5-8/h1-7H,(H,17,18,19). The van der Waals surface area contributed by atoms with Gasteiger partial charge in [-0.3, -0.25) is 4.79 Å². The van der Waals surface area contributed by atoms with Crippen LogP contribution in [0.1, 0.15) is 0 Å². The number of halogens is 2. The topological polar surface area (TPSA) is 45.8 Å². The zero-order valence-corrected chi connectivity index (χ0v) is 14.6. The van der Waals surface area contributed by atoms with E-state index in [1.54, 1.807) is 0 Å². The van der Waals surface area contributed by atoms with E-state index in [4.69, 9.17) is 0 Å². The van der Waals surface area contributed by atoms with Gasteiger partial charge in [0.1, 0.15) is 3.57 Å². The molecule has 3 rings (SSSR count). The molecular weight excluding hydrogens is 451 g/mol. The van der Waals surface area contributed by atoms with Crippen LogP contribution in [0.15, 0.2) is 51.0 Å². The van der Waals surface area contributed by atoms with E-state index < -0.39 is 0 Å². The Bertz CT molecular complexity index is 814. The Hall–Kier alpha value is -0.990. The van der Waals surface area contributed by atoms with Crippen molar-refractivity contribution in [1.82, 2.24) is 9.97 Å². The van der Waals surface area contributed by atoms with Crippen molar-refractivity contribution in [3.63, 3.8) is 0 Å². The van der Waals surface area contributed by atoms with E-state index in [0.717, 1.165) is 14.9 Å². The summed E-state index contributed by atoms with van der Waals surface area (Å²) in [4.78, 5) is 20.5. The summed E-state index contributed by atoms with van der Waals surface area (Å²) < 4.78 is 1.54. The van der Waals surface area contributed by atoms with E-state index in [1.165, 1.54) is 11.3 Å². The summed E-state index contributed by atoms with van der Waals surface area (Å²) in [5.74, 6) is 0.594. The van der Waals surface area contributed by atoms with Crippen LogP contribution in [0.3, 0.4) is 0 Å². The Morgan fingerprint density at radius 2 is 1.95 bits per heavy atom. The molecule has 0 fully saturated rings. The van der Waals surface area contributed by atoms with Crippen LogP contribution >= 0.6 is 49.9 Å². The van der Waals surface area contributed by atoms with Crippen molar-refractivity contribution in [2.75, 3.05) is 0 Å². The molecule has 0 radical (unpaired) electrons. The highest BCUT2D eigenvalue weighted by atomic mass is 127. The summed E-state index contributed by atoms with van der Waals surface area (Å²) >= 11 is 7.05. The Morgan fingerprint density at radius 1 is 1.20 bits per heavy atom. The van der Waals surface area contributed by atoms with Gasteiger partial charge in [-0.05, 0) is 50.0 Å². The van der Waals surface area contributed by atoms with Gasteiger partial charge in [-0.25, -0.2) is 4.98 Å². The van der Waals surface area contributed by atoms with Gasteiger partial charge >= 0.3 is 0 Å². The Kier molecular flexibility index (Phi) is 4.04. The van der Waals surface area contributed by atoms with Crippen LogP contribution in [0.2, 0.25) is 0 Å². The fraction of sp³-hybridized carbons (Fsp3) is 0. The van der Waals surface area contributed by atoms with Gasteiger partial charge in [0, 0.05) is 10.0 Å². The van der Waals surface area contributed by atoms with Gasteiger partial charge in [-0.15, -0.1) is 11.3 Å². The highest BCUT2D eigenvalue weighted by Crippen LogP contribution is 2.32. The summed E-state index contributed by atoms with van der Waals surface area (Å²) in [7, 11) is 0. The lowest BCUT2D eigenvalue weighted by molar-refractivity contribution is 1.12. The molecule has 0 atom stereocenters. The number of nitrogens with zero attached hydrogens (tertiary/aromatic N) is 1. The molecule has 0 saturated carbocycles. The summed E-state index contributed by atoms with van der Waals surface area (Å²) in [6.07, 6.45) is 0. The van der Waals surface area contributed by atoms with Crippen LogP contribution in [0.4, 0.5) is 0 Å². The zero-order chi connectivity index (χ0) is 14.1. The minimum atomic E-state index is -0.116. The first-order chi connectivity index (χ1) is 9.66. The van der Waals surface area contributed by atoms with E-state index in [0.29, 0.717) is 15.1 Å². The van der Waals surface area contributed by atoms with E-state index in [1.807, 2.05) is 64.4 Å². The Balaban J connectivity index is 2.24. The normalized spacial score (nSPS) is 10.7. The fourth-order valence-corrected chi connectivity index (χ4v) is 3.89. The lowest BCUT2D eigenvalue weighted by atomic mass is 10.1. The van der Waals surface area contributed by atoms with E-state index in [-0.39, 0.29) is 5.56 Å². The lowest BCUT2D eigenvalue weighted by Gasteiger charge is -2.06. The van der Waals surface area contributed by atoms with Crippen molar-refractivity contribution in [2.24, 2.45) is 0 Å². The second kappa shape index (κ2) is 5.79. The SMILES string of the molecule is O=c1[nH]c(-c2sccc2Br)nc(-c2ccccc2)c1I. The zero-order valence-electron chi connectivity index (χ0n) is 10.1. The first-order valence-corrected chi connectivity index (χ1v) is 8.50. The molecule has 0 bridgehead atoms. The van der Waals surface area contributed by atoms with E-state index in [9.17, 15) is 4.79 Å². The average molecular weight is 459 g/mol. The molecule has 1 N–H and O–H groups in total. The third-order valence-corrected chi connectivity index (χ3v) is 5.59. The summed E-state index contributed by atoms with van der Waals surface area (Å²) in [6.45, 7) is 0. The van der Waals surface area contributed by atoms with Crippen LogP contribution < -0.4 is 5.56 Å². The van der Waals surface area contributed by atoms with Crippen molar-refractivity contribution in [2.45, 2.75) is 0 Å². The van der Waals surface area contributed by atoms with Crippen molar-refractivity contribution in [1.29, 1.82) is 0 Å². The van der Waals surface area contributed by atoms with Crippen molar-refractivity contribution in [3.05, 3.63) is 60.2 Å². The predicted molar refractivity (Wildman–Crippen MR) is 94.0 cm³/mol. The minimum Gasteiger partial charge on any atom is -0.305 e. The van der Waals surface area contributed by atoms with Gasteiger partial charge in [-0.2, -0.15) is 0 Å². The molecule has 0 spiro atoms. The van der Waals surface area contributed by atoms with Gasteiger partial charge in [0.05, 0.1) is 10.6 Å². The van der Waals surface area contributed by atoms with Crippen molar-refractivity contribution in [3.8, 4) is 22.0 Å². The maximum Gasteiger partial charge on any atom is 0.265 e. The van der Waals surface area contributed by atoms with Crippen LogP contribution in [-0.4, -0.2) is 9.97 Å². The van der Waals surface area contributed by atoms with Crippen LogP contribution in [0.5, 0.6) is 0 Å². The van der Waals surface area contributed by atoms with Crippen molar-refractivity contribution < 1.29 is 0 Å². The first kappa shape index (κ1) is 14.0. The van der Waals surface area contributed by atoms with Crippen LogP contribution in [0, 0.1) is 3.57 Å². The molecule has 0 amide bonds. The van der Waals surface area contributed by atoms with Crippen molar-refractivity contribution >= 4 is 49.9 Å². The molecule has 3 nitrogen and oxygen atoms in total. The first-order valence-electron chi connectivity index (χ1n) is 5.75. The number of nitrogens with one attached hydrogen (secondary N) is 1. The Morgan fingerprint density at radius 3 is 2.60 bits per heavy atom. The van der Waals surface area contributed by atoms with E-state index in [2.05, 4.69) is 25.9 Å². The highest BCUT2D eigenvalue weighted by molar-refractivity contribution is 14.1. The molecule has 1 aromatic carbocycles. The second-order valence-electron chi connectivity index (χ2n) is 4.04. The third-order valence-electron chi connectivity index (χ3n) is 2.74. The molecule has 2 aromatic heterocycles. The Labute approximate surface area is 141 Å². The predicted octanol–water partition coefficient (Wildman–Crippen LogP) is 4.53. The average Bonchev–Trinajstić information content (AvgIpc) is 2.89. The summed E-state index contributed by atoms with van der Waals surface area (Å²) in [6, 6.07) is 11.7. The molecule has 2 heterocycles. The number of aromatic amines is 1. The largest absolute Gasteiger partial charge is 0.305 e. The highest BCUT2D eigenvalue weighted by Gasteiger charge is 2.14. The quantitative estimate of drug-likeness (QED) is 0.573. The van der Waals surface area contributed by atoms with Gasteiger partial charge in [-0.1, -0.05) is 30.3 Å². The molecule has 20 heavy (non-hydrogen) atoms. The molecule has 6 heteroatoms. The molecule has 0 aliphatic carbocycles. The molecule has 3 aromatic rings. The van der Waals surface area contributed by atoms with Gasteiger partial charge in [0.2, 0.25) is 0 Å². The van der Waals surface area contributed by atoms with Gasteiger partial charge in [0.25, 0.3) is 5.56 Å². The number of hydrogen-bond acceptors (Lipinski definition) is 3. The number of hydrogen-bond donors (Lipinski definition) is 1. The maximum absolute atomic E-state index is 12.1. The lowest BCUT2D eigenvalue weighted by Crippen LogP contribution is -2.14. The van der Waals surface area contributed by atoms with Crippen LogP contribution in [-0.2, 0) is 0 Å². The maximum atomic E-state index is 12.1. The number of thiophene rings is 1. The summed E-state index contributed by atoms with van der Waals surface area (Å²) in [5.41, 5.74) is 1.54. The smallest absolute Gasteiger partial charge is 0.265 e. The third kappa shape index (κ3) is 2.59. The monoisotopic (exact) mass is 458 g/mol. The van der Waals surface area contributed by atoms with Gasteiger partial charge < -0.3 is 4.98 Å². The number of benzene rings is 1. The molecule has 100 valence electrons. The minimum absolute atomic E-state index is 0.116. The number of H-pyrrole nitrogens is 1. The van der Waals surface area contributed by atoms with E-state index >= 15 is 0 Å². The molecule has 0 unspecified atom stereocenters. The number of rotatable bonds is 2. The molecule has 0 saturated heterocycles. The summed E-state index contributed by atoms with van der Waals surface area (Å²) in [5, 5.41) is 1.96.